The van der Waals surface area contributed by atoms with Crippen molar-refractivity contribution < 1.29 is 0 Å². The highest BCUT2D eigenvalue weighted by molar-refractivity contribution is 6.17. The SMILES string of the molecule is O=c1[nH]c2cc(CCl)ccc2n2cccc12. The van der Waals surface area contributed by atoms with Crippen LogP contribution in [0.4, 0.5) is 0 Å². The van der Waals surface area contributed by atoms with E-state index in [9.17, 15) is 4.79 Å². The molecule has 16 heavy (non-hydrogen) atoms. The summed E-state index contributed by atoms with van der Waals surface area (Å²) < 4.78 is 1.88. The summed E-state index contributed by atoms with van der Waals surface area (Å²) in [5, 5.41) is 0. The number of hydrogen-bond donors (Lipinski definition) is 1. The Hall–Kier alpha value is -1.74. The first kappa shape index (κ1) is 9.48. The number of alkyl halides is 1. The Bertz CT molecular complexity index is 727. The Morgan fingerprint density at radius 1 is 1.25 bits per heavy atom. The maximum absolute atomic E-state index is 11.7. The average Bonchev–Trinajstić information content (AvgIpc) is 2.78. The van der Waals surface area contributed by atoms with E-state index in [2.05, 4.69) is 4.98 Å². The van der Waals surface area contributed by atoms with Crippen molar-refractivity contribution in [3.8, 4) is 0 Å². The van der Waals surface area contributed by atoms with Crippen molar-refractivity contribution in [1.82, 2.24) is 9.38 Å². The quantitative estimate of drug-likeness (QED) is 0.643. The van der Waals surface area contributed by atoms with E-state index < -0.39 is 0 Å². The summed E-state index contributed by atoms with van der Waals surface area (Å²) in [4.78, 5) is 14.6. The predicted molar refractivity (Wildman–Crippen MR) is 65.1 cm³/mol. The largest absolute Gasteiger partial charge is 0.319 e. The molecule has 0 aliphatic carbocycles. The second-order valence-corrected chi connectivity index (χ2v) is 3.97. The molecule has 3 nitrogen and oxygen atoms in total. The summed E-state index contributed by atoms with van der Waals surface area (Å²) in [6.45, 7) is 0. The highest BCUT2D eigenvalue weighted by Crippen LogP contribution is 2.15. The summed E-state index contributed by atoms with van der Waals surface area (Å²) in [5.74, 6) is 0.446. The Morgan fingerprint density at radius 2 is 2.12 bits per heavy atom. The lowest BCUT2D eigenvalue weighted by atomic mass is 10.2. The lowest BCUT2D eigenvalue weighted by Gasteiger charge is -2.04. The van der Waals surface area contributed by atoms with Crippen LogP contribution in [0.2, 0.25) is 0 Å². The zero-order chi connectivity index (χ0) is 11.1. The van der Waals surface area contributed by atoms with E-state index in [0.29, 0.717) is 11.4 Å². The first-order valence-corrected chi connectivity index (χ1v) is 5.51. The minimum atomic E-state index is -0.0794. The Labute approximate surface area is 96.3 Å². The molecule has 1 N–H and O–H groups in total. The summed E-state index contributed by atoms with van der Waals surface area (Å²) in [6.07, 6.45) is 1.88. The van der Waals surface area contributed by atoms with E-state index in [1.54, 1.807) is 6.07 Å². The minimum absolute atomic E-state index is 0.0794. The number of rotatable bonds is 1. The molecular weight excluding hydrogens is 224 g/mol. The van der Waals surface area contributed by atoms with Crippen LogP contribution in [0.1, 0.15) is 5.56 Å². The topological polar surface area (TPSA) is 37.3 Å². The van der Waals surface area contributed by atoms with Gasteiger partial charge in [0.05, 0.1) is 11.0 Å². The van der Waals surface area contributed by atoms with Crippen LogP contribution in [0, 0.1) is 0 Å². The molecule has 0 bridgehead atoms. The minimum Gasteiger partial charge on any atom is -0.319 e. The lowest BCUT2D eigenvalue weighted by molar-refractivity contribution is 1.18. The molecule has 2 aromatic heterocycles. The molecule has 0 aliphatic heterocycles. The van der Waals surface area contributed by atoms with Gasteiger partial charge in [0.1, 0.15) is 5.52 Å². The second-order valence-electron chi connectivity index (χ2n) is 3.70. The molecule has 0 radical (unpaired) electrons. The number of nitrogens with zero attached hydrogens (tertiary/aromatic N) is 1. The van der Waals surface area contributed by atoms with Crippen molar-refractivity contribution in [2.75, 3.05) is 0 Å². The number of H-pyrrole nitrogens is 1. The molecule has 3 aromatic rings. The molecule has 0 atom stereocenters. The molecule has 80 valence electrons. The van der Waals surface area contributed by atoms with E-state index in [0.717, 1.165) is 16.6 Å². The van der Waals surface area contributed by atoms with Crippen LogP contribution in [0.15, 0.2) is 41.3 Å². The molecule has 0 amide bonds. The van der Waals surface area contributed by atoms with Crippen molar-refractivity contribution in [3.05, 3.63) is 52.4 Å². The molecule has 0 saturated heterocycles. The summed E-state index contributed by atoms with van der Waals surface area (Å²) >= 11 is 5.77. The molecule has 0 fully saturated rings. The van der Waals surface area contributed by atoms with Crippen molar-refractivity contribution in [2.24, 2.45) is 0 Å². The van der Waals surface area contributed by atoms with Gasteiger partial charge in [0.15, 0.2) is 0 Å². The summed E-state index contributed by atoms with van der Waals surface area (Å²) in [7, 11) is 0. The Morgan fingerprint density at radius 3 is 2.94 bits per heavy atom. The number of nitrogens with one attached hydrogen (secondary N) is 1. The van der Waals surface area contributed by atoms with Gasteiger partial charge in [0.2, 0.25) is 0 Å². The molecule has 0 aliphatic rings. The van der Waals surface area contributed by atoms with Gasteiger partial charge in [-0.15, -0.1) is 11.6 Å². The first-order valence-electron chi connectivity index (χ1n) is 4.97. The van der Waals surface area contributed by atoms with Crippen LogP contribution < -0.4 is 5.56 Å². The number of halogens is 1. The Balaban J connectivity index is 2.53. The fraction of sp³-hybridized carbons (Fsp3) is 0.0833. The molecule has 3 rings (SSSR count). The van der Waals surface area contributed by atoms with Gasteiger partial charge in [-0.1, -0.05) is 6.07 Å². The number of fused-ring (bicyclic) bond motifs is 3. The van der Waals surface area contributed by atoms with Gasteiger partial charge in [0, 0.05) is 12.1 Å². The van der Waals surface area contributed by atoms with Crippen LogP contribution in [-0.4, -0.2) is 9.38 Å². The monoisotopic (exact) mass is 232 g/mol. The van der Waals surface area contributed by atoms with Crippen molar-refractivity contribution >= 4 is 28.2 Å². The molecule has 0 saturated carbocycles. The first-order chi connectivity index (χ1) is 7.79. The van der Waals surface area contributed by atoms with Crippen molar-refractivity contribution in [3.63, 3.8) is 0 Å². The number of hydrogen-bond acceptors (Lipinski definition) is 1. The predicted octanol–water partition coefficient (Wildman–Crippen LogP) is 2.52. The van der Waals surface area contributed by atoms with Gasteiger partial charge in [-0.05, 0) is 29.8 Å². The lowest BCUT2D eigenvalue weighted by Crippen LogP contribution is -2.09. The van der Waals surface area contributed by atoms with Gasteiger partial charge >= 0.3 is 0 Å². The third-order valence-electron chi connectivity index (χ3n) is 2.70. The second kappa shape index (κ2) is 3.39. The van der Waals surface area contributed by atoms with Gasteiger partial charge < -0.3 is 9.38 Å². The third-order valence-corrected chi connectivity index (χ3v) is 3.01. The van der Waals surface area contributed by atoms with E-state index in [-0.39, 0.29) is 5.56 Å². The zero-order valence-corrected chi connectivity index (χ0v) is 9.16. The smallest absolute Gasteiger partial charge is 0.272 e. The van der Waals surface area contributed by atoms with Gasteiger partial charge in [0.25, 0.3) is 5.56 Å². The van der Waals surface area contributed by atoms with Crippen LogP contribution in [0.25, 0.3) is 16.6 Å². The molecule has 0 spiro atoms. The van der Waals surface area contributed by atoms with Crippen molar-refractivity contribution in [2.45, 2.75) is 5.88 Å². The highest BCUT2D eigenvalue weighted by Gasteiger charge is 2.04. The van der Waals surface area contributed by atoms with E-state index in [1.165, 1.54) is 0 Å². The third kappa shape index (κ3) is 1.25. The van der Waals surface area contributed by atoms with Crippen molar-refractivity contribution in [1.29, 1.82) is 0 Å². The molecule has 0 unspecified atom stereocenters. The van der Waals surface area contributed by atoms with Gasteiger partial charge in [-0.25, -0.2) is 0 Å². The average molecular weight is 233 g/mol. The maximum atomic E-state index is 11.7. The maximum Gasteiger partial charge on any atom is 0.272 e. The standard InChI is InChI=1S/C12H9ClN2O/c13-7-8-3-4-10-9(6-8)14-12(16)11-2-1-5-15(10)11/h1-6H,7H2,(H,14,16). The fourth-order valence-corrected chi connectivity index (χ4v) is 2.11. The zero-order valence-electron chi connectivity index (χ0n) is 8.40. The van der Waals surface area contributed by atoms with E-state index >= 15 is 0 Å². The number of aromatic nitrogens is 2. The van der Waals surface area contributed by atoms with E-state index in [1.807, 2.05) is 34.9 Å². The van der Waals surface area contributed by atoms with Crippen LogP contribution in [0.5, 0.6) is 0 Å². The van der Waals surface area contributed by atoms with E-state index in [4.69, 9.17) is 11.6 Å². The Kier molecular flexibility index (Phi) is 2.01. The number of benzene rings is 1. The molecule has 1 aromatic carbocycles. The summed E-state index contributed by atoms with van der Waals surface area (Å²) in [6, 6.07) is 9.50. The van der Waals surface area contributed by atoms with Gasteiger partial charge in [-0.3, -0.25) is 4.79 Å². The molecular formula is C12H9ClN2O. The van der Waals surface area contributed by atoms with Crippen LogP contribution in [-0.2, 0) is 5.88 Å². The van der Waals surface area contributed by atoms with Gasteiger partial charge in [-0.2, -0.15) is 0 Å². The van der Waals surface area contributed by atoms with Crippen LogP contribution in [0.3, 0.4) is 0 Å². The summed E-state index contributed by atoms with van der Waals surface area (Å²) in [5.41, 5.74) is 3.37. The fourth-order valence-electron chi connectivity index (χ4n) is 1.94. The normalized spacial score (nSPS) is 11.3. The van der Waals surface area contributed by atoms with Crippen LogP contribution >= 0.6 is 11.6 Å². The highest BCUT2D eigenvalue weighted by atomic mass is 35.5. The molecule has 2 heterocycles. The number of aromatic amines is 1. The molecule has 4 heteroatoms.